The van der Waals surface area contributed by atoms with Crippen molar-refractivity contribution in [3.8, 4) is 0 Å². The molecule has 0 N–H and O–H groups in total. The van der Waals surface area contributed by atoms with Crippen molar-refractivity contribution in [2.24, 2.45) is 12.5 Å². The summed E-state index contributed by atoms with van der Waals surface area (Å²) in [5.41, 5.74) is -0.393. The predicted molar refractivity (Wildman–Crippen MR) is 67.2 cm³/mol. The van der Waals surface area contributed by atoms with E-state index in [1.165, 1.54) is 0 Å². The van der Waals surface area contributed by atoms with Gasteiger partial charge in [-0.2, -0.15) is 0 Å². The molecule has 1 saturated carbocycles. The number of nitrogens with zero attached hydrogens (tertiary/aromatic N) is 3. The van der Waals surface area contributed by atoms with Gasteiger partial charge in [0, 0.05) is 26.1 Å². The molecule has 2 rings (SSSR count). The molecule has 1 heterocycles. The number of aryl methyl sites for hydroxylation is 1. The second-order valence-electron chi connectivity index (χ2n) is 4.99. The normalized spacial score (nSPS) is 23.4. The van der Waals surface area contributed by atoms with Crippen LogP contribution in [0.15, 0.2) is 6.20 Å². The van der Waals surface area contributed by atoms with Crippen LogP contribution in [0.1, 0.15) is 38.3 Å². The maximum Gasteiger partial charge on any atom is 0.320 e. The molecule has 1 aliphatic carbocycles. The van der Waals surface area contributed by atoms with Gasteiger partial charge >= 0.3 is 5.97 Å². The topological polar surface area (TPSA) is 74.1 Å². The Bertz CT molecular complexity index is 483. The molecular weight excluding hydrogens is 246 g/mol. The maximum absolute atomic E-state index is 12.3. The minimum Gasteiger partial charge on any atom is -0.465 e. The molecule has 1 aromatic rings. The Morgan fingerprint density at radius 2 is 2.32 bits per heavy atom. The first-order valence-electron chi connectivity index (χ1n) is 6.64. The molecule has 0 bridgehead atoms. The number of rotatable bonds is 4. The van der Waals surface area contributed by atoms with Crippen molar-refractivity contribution in [3.63, 3.8) is 0 Å². The summed E-state index contributed by atoms with van der Waals surface area (Å²) in [6.45, 7) is 2.04. The van der Waals surface area contributed by atoms with E-state index >= 15 is 0 Å². The van der Waals surface area contributed by atoms with E-state index in [1.54, 1.807) is 24.9 Å². The number of hydrogen-bond acceptors (Lipinski definition) is 5. The second kappa shape index (κ2) is 5.50. The average molecular weight is 265 g/mol. The summed E-state index contributed by atoms with van der Waals surface area (Å²) in [6, 6.07) is 0. The van der Waals surface area contributed by atoms with Crippen LogP contribution in [0.25, 0.3) is 0 Å². The van der Waals surface area contributed by atoms with Gasteiger partial charge in [-0.05, 0) is 19.8 Å². The average Bonchev–Trinajstić information content (AvgIpc) is 2.78. The van der Waals surface area contributed by atoms with Crippen molar-refractivity contribution < 1.29 is 14.3 Å². The number of esters is 1. The summed E-state index contributed by atoms with van der Waals surface area (Å²) < 4.78 is 6.69. The predicted octanol–water partition coefficient (Wildman–Crippen LogP) is 1.05. The van der Waals surface area contributed by atoms with Crippen molar-refractivity contribution >= 4 is 11.8 Å². The molecule has 0 amide bonds. The molecule has 0 radical (unpaired) electrons. The highest BCUT2D eigenvalue weighted by Crippen LogP contribution is 2.37. The molecule has 0 spiro atoms. The standard InChI is InChI=1S/C13H19N3O3/c1-3-19-12(18)13(7-5-4-6-11(13)17)8-10-9-16(2)15-14-10/h9H,3-8H2,1-2H3. The molecule has 1 atom stereocenters. The van der Waals surface area contributed by atoms with Gasteiger partial charge < -0.3 is 4.74 Å². The van der Waals surface area contributed by atoms with Crippen molar-refractivity contribution in [2.75, 3.05) is 6.61 Å². The number of ether oxygens (including phenoxy) is 1. The number of Topliss-reactive ketones (excluding diaryl/α,β-unsaturated/α-hetero) is 1. The smallest absolute Gasteiger partial charge is 0.320 e. The number of aromatic nitrogens is 3. The Labute approximate surface area is 112 Å². The van der Waals surface area contributed by atoms with Gasteiger partial charge in [0.2, 0.25) is 0 Å². The summed E-state index contributed by atoms with van der Waals surface area (Å²) in [7, 11) is 1.76. The molecule has 1 unspecified atom stereocenters. The van der Waals surface area contributed by atoms with Crippen molar-refractivity contribution in [2.45, 2.75) is 39.0 Å². The molecule has 0 aliphatic heterocycles. The summed E-state index contributed by atoms with van der Waals surface area (Å²) in [6.07, 6.45) is 4.73. The van der Waals surface area contributed by atoms with Crippen molar-refractivity contribution in [3.05, 3.63) is 11.9 Å². The number of ketones is 1. The highest BCUT2D eigenvalue weighted by Gasteiger charge is 2.48. The summed E-state index contributed by atoms with van der Waals surface area (Å²) >= 11 is 0. The van der Waals surface area contributed by atoms with Crippen LogP contribution >= 0.6 is 0 Å². The number of carbonyl (C=O) groups excluding carboxylic acids is 2. The Balaban J connectivity index is 2.27. The van der Waals surface area contributed by atoms with Crippen LogP contribution in [0.4, 0.5) is 0 Å². The van der Waals surface area contributed by atoms with Gasteiger partial charge in [-0.25, -0.2) is 0 Å². The van der Waals surface area contributed by atoms with Crippen LogP contribution in [-0.4, -0.2) is 33.4 Å². The fraction of sp³-hybridized carbons (Fsp3) is 0.692. The molecule has 1 fully saturated rings. The van der Waals surface area contributed by atoms with E-state index in [-0.39, 0.29) is 12.4 Å². The Kier molecular flexibility index (Phi) is 3.97. The zero-order chi connectivity index (χ0) is 13.9. The van der Waals surface area contributed by atoms with Gasteiger partial charge in [0.05, 0.1) is 12.3 Å². The van der Waals surface area contributed by atoms with Crippen LogP contribution in [0.5, 0.6) is 0 Å². The third kappa shape index (κ3) is 2.67. The van der Waals surface area contributed by atoms with Gasteiger partial charge in [-0.1, -0.05) is 11.6 Å². The Hall–Kier alpha value is -1.72. The molecule has 1 aromatic heterocycles. The lowest BCUT2D eigenvalue weighted by Crippen LogP contribution is -2.44. The van der Waals surface area contributed by atoms with Crippen LogP contribution in [0.3, 0.4) is 0 Å². The quantitative estimate of drug-likeness (QED) is 0.601. The van der Waals surface area contributed by atoms with Crippen LogP contribution < -0.4 is 0 Å². The lowest BCUT2D eigenvalue weighted by molar-refractivity contribution is -0.162. The van der Waals surface area contributed by atoms with E-state index < -0.39 is 11.4 Å². The van der Waals surface area contributed by atoms with Crippen molar-refractivity contribution in [1.29, 1.82) is 0 Å². The minimum absolute atomic E-state index is 0.0251. The fourth-order valence-electron chi connectivity index (χ4n) is 2.62. The molecule has 6 heteroatoms. The van der Waals surface area contributed by atoms with Crippen LogP contribution in [0, 0.1) is 5.41 Å². The third-order valence-electron chi connectivity index (χ3n) is 3.59. The number of hydrogen-bond donors (Lipinski definition) is 0. The van der Waals surface area contributed by atoms with Gasteiger partial charge in [0.25, 0.3) is 0 Å². The molecule has 19 heavy (non-hydrogen) atoms. The molecule has 104 valence electrons. The second-order valence-corrected chi connectivity index (χ2v) is 4.99. The minimum atomic E-state index is -1.05. The van der Waals surface area contributed by atoms with Crippen LogP contribution in [-0.2, 0) is 27.8 Å². The highest BCUT2D eigenvalue weighted by atomic mass is 16.5. The van der Waals surface area contributed by atoms with Gasteiger partial charge in [0.15, 0.2) is 5.78 Å². The van der Waals surface area contributed by atoms with E-state index in [1.807, 2.05) is 0 Å². The van der Waals surface area contributed by atoms with Gasteiger partial charge in [-0.3, -0.25) is 14.3 Å². The summed E-state index contributed by atoms with van der Waals surface area (Å²) in [4.78, 5) is 24.5. The molecule has 0 saturated heterocycles. The maximum atomic E-state index is 12.3. The van der Waals surface area contributed by atoms with E-state index in [0.717, 1.165) is 12.8 Å². The third-order valence-corrected chi connectivity index (χ3v) is 3.59. The molecule has 0 aromatic carbocycles. The SMILES string of the molecule is CCOC(=O)C1(Cc2cn(C)nn2)CCCCC1=O. The summed E-state index contributed by atoms with van der Waals surface area (Å²) in [5.74, 6) is -0.437. The zero-order valence-electron chi connectivity index (χ0n) is 11.4. The Morgan fingerprint density at radius 1 is 1.53 bits per heavy atom. The molecular formula is C13H19N3O3. The first kappa shape index (κ1) is 13.7. The first-order valence-corrected chi connectivity index (χ1v) is 6.64. The van der Waals surface area contributed by atoms with E-state index in [2.05, 4.69) is 10.3 Å². The lowest BCUT2D eigenvalue weighted by atomic mass is 9.70. The van der Waals surface area contributed by atoms with Crippen LogP contribution in [0.2, 0.25) is 0 Å². The highest BCUT2D eigenvalue weighted by molar-refractivity contribution is 6.04. The van der Waals surface area contributed by atoms with E-state index in [0.29, 0.717) is 25.0 Å². The molecule has 1 aliphatic rings. The van der Waals surface area contributed by atoms with Gasteiger partial charge in [-0.15, -0.1) is 5.10 Å². The Morgan fingerprint density at radius 3 is 2.89 bits per heavy atom. The molecule has 6 nitrogen and oxygen atoms in total. The van der Waals surface area contributed by atoms with Crippen molar-refractivity contribution in [1.82, 2.24) is 15.0 Å². The zero-order valence-corrected chi connectivity index (χ0v) is 11.4. The fourth-order valence-corrected chi connectivity index (χ4v) is 2.62. The monoisotopic (exact) mass is 265 g/mol. The largest absolute Gasteiger partial charge is 0.465 e. The first-order chi connectivity index (χ1) is 9.08. The number of carbonyl (C=O) groups is 2. The summed E-state index contributed by atoms with van der Waals surface area (Å²) in [5, 5.41) is 7.83. The van der Waals surface area contributed by atoms with E-state index in [9.17, 15) is 9.59 Å². The van der Waals surface area contributed by atoms with Gasteiger partial charge in [0.1, 0.15) is 5.41 Å². The van der Waals surface area contributed by atoms with E-state index in [4.69, 9.17) is 4.74 Å². The lowest BCUT2D eigenvalue weighted by Gasteiger charge is -2.32.